The van der Waals surface area contributed by atoms with Crippen molar-refractivity contribution in [2.24, 2.45) is 17.8 Å². The molecule has 1 unspecified atom stereocenters. The summed E-state index contributed by atoms with van der Waals surface area (Å²) in [6.07, 6.45) is 11.3. The fourth-order valence-corrected chi connectivity index (χ4v) is 7.81. The van der Waals surface area contributed by atoms with Crippen molar-refractivity contribution in [2.45, 2.75) is 90.0 Å². The van der Waals surface area contributed by atoms with E-state index in [1.54, 1.807) is 9.80 Å². The standard InChI is InChI=1S/C35H49N3O6/c1-6-24(5)27(23-39)38-30-32(41)37(26-17-15-25(16-18-26)36(8-3)9-4)21-14-20-35(30)28(31(38)40)29-33(42)43-22-13-11-10-12-19-34(29,7-2)44-35/h12,14-20,24,27-30,39H,6-11,13,21-23H2,1-5H3/b19-12-/t24-,27-,28-,29+,30?,34-,35-/m0/s1. The second kappa shape index (κ2) is 13.1. The Hall–Kier alpha value is -3.17. The monoisotopic (exact) mass is 607 g/mol. The van der Waals surface area contributed by atoms with Crippen molar-refractivity contribution >= 4 is 29.2 Å². The molecule has 9 nitrogen and oxygen atoms in total. The molecule has 1 aromatic rings. The maximum atomic E-state index is 14.9. The largest absolute Gasteiger partial charge is 0.465 e. The first-order chi connectivity index (χ1) is 21.2. The zero-order chi connectivity index (χ0) is 31.6. The first kappa shape index (κ1) is 32.2. The Morgan fingerprint density at radius 1 is 0.977 bits per heavy atom. The number of benzene rings is 1. The van der Waals surface area contributed by atoms with Gasteiger partial charge in [0.2, 0.25) is 5.91 Å². The molecule has 2 amide bonds. The summed E-state index contributed by atoms with van der Waals surface area (Å²) in [5, 5.41) is 10.7. The number of carbonyl (C=O) groups excluding carboxylic acids is 3. The van der Waals surface area contributed by atoms with Gasteiger partial charge in [-0.1, -0.05) is 51.5 Å². The Labute approximate surface area is 261 Å². The van der Waals surface area contributed by atoms with Gasteiger partial charge in [-0.25, -0.2) is 0 Å². The van der Waals surface area contributed by atoms with Crippen molar-refractivity contribution in [3.63, 3.8) is 0 Å². The highest BCUT2D eigenvalue weighted by atomic mass is 16.6. The molecule has 1 N–H and O–H groups in total. The van der Waals surface area contributed by atoms with Crippen LogP contribution in [0.2, 0.25) is 0 Å². The second-order valence-corrected chi connectivity index (χ2v) is 12.6. The van der Waals surface area contributed by atoms with Gasteiger partial charge in [0.25, 0.3) is 5.91 Å². The van der Waals surface area contributed by atoms with Crippen LogP contribution in [0.5, 0.6) is 0 Å². The van der Waals surface area contributed by atoms with Gasteiger partial charge in [0.1, 0.15) is 23.2 Å². The molecule has 4 aliphatic heterocycles. The van der Waals surface area contributed by atoms with Crippen molar-refractivity contribution in [3.05, 3.63) is 48.6 Å². The minimum atomic E-state index is -1.40. The number of fused-ring (bicyclic) bond motifs is 2. The second-order valence-electron chi connectivity index (χ2n) is 12.6. The summed E-state index contributed by atoms with van der Waals surface area (Å²) in [5.41, 5.74) is -0.715. The van der Waals surface area contributed by atoms with Crippen LogP contribution in [0.15, 0.2) is 48.6 Å². The maximum Gasteiger partial charge on any atom is 0.313 e. The van der Waals surface area contributed by atoms with Crippen LogP contribution in [0.1, 0.15) is 66.7 Å². The maximum absolute atomic E-state index is 14.9. The van der Waals surface area contributed by atoms with E-state index in [4.69, 9.17) is 9.47 Å². The molecule has 4 aliphatic rings. The molecule has 7 atom stereocenters. The van der Waals surface area contributed by atoms with Crippen LogP contribution in [0.3, 0.4) is 0 Å². The zero-order valence-electron chi connectivity index (χ0n) is 26.9. The quantitative estimate of drug-likeness (QED) is 0.326. The summed E-state index contributed by atoms with van der Waals surface area (Å²) in [5.74, 6) is -3.06. The molecule has 2 fully saturated rings. The number of cyclic esters (lactones) is 1. The topological polar surface area (TPSA) is 99.6 Å². The normalized spacial score (nSPS) is 32.3. The molecule has 0 aliphatic carbocycles. The molecule has 0 bridgehead atoms. The van der Waals surface area contributed by atoms with Gasteiger partial charge in [0.05, 0.1) is 25.2 Å². The summed E-state index contributed by atoms with van der Waals surface area (Å²) < 4.78 is 12.9. The van der Waals surface area contributed by atoms with E-state index >= 15 is 0 Å². The van der Waals surface area contributed by atoms with E-state index in [0.717, 1.165) is 38.0 Å². The molecule has 4 heterocycles. The Morgan fingerprint density at radius 3 is 2.34 bits per heavy atom. The molecular formula is C35H49N3O6. The molecule has 0 saturated carbocycles. The average molecular weight is 608 g/mol. The lowest BCUT2D eigenvalue weighted by Crippen LogP contribution is -2.60. The number of nitrogens with zero attached hydrogens (tertiary/aromatic N) is 3. The van der Waals surface area contributed by atoms with Crippen molar-refractivity contribution in [1.82, 2.24) is 4.90 Å². The van der Waals surface area contributed by atoms with E-state index in [9.17, 15) is 19.5 Å². The highest BCUT2D eigenvalue weighted by molar-refractivity contribution is 6.06. The number of amides is 2. The van der Waals surface area contributed by atoms with Gasteiger partial charge in [-0.2, -0.15) is 0 Å². The SMILES string of the molecule is CC[C@H](C)[C@H](CO)N1C(=O)[C@@H]2[C@@H]3C(=O)OCCCC/C=C\[C@]3(CC)O[C@@]23C=CCN(c2ccc(N(CC)CC)cc2)C(=O)C13. The minimum Gasteiger partial charge on any atom is -0.465 e. The van der Waals surface area contributed by atoms with Gasteiger partial charge < -0.3 is 29.3 Å². The van der Waals surface area contributed by atoms with Crippen molar-refractivity contribution < 1.29 is 29.0 Å². The third-order valence-corrected chi connectivity index (χ3v) is 10.5. The van der Waals surface area contributed by atoms with Gasteiger partial charge in [-0.05, 0) is 69.7 Å². The first-order valence-corrected chi connectivity index (χ1v) is 16.5. The predicted octanol–water partition coefficient (Wildman–Crippen LogP) is 4.49. The van der Waals surface area contributed by atoms with Crippen molar-refractivity contribution in [2.75, 3.05) is 42.6 Å². The van der Waals surface area contributed by atoms with Crippen LogP contribution in [0, 0.1) is 17.8 Å². The Morgan fingerprint density at radius 2 is 1.70 bits per heavy atom. The molecular weight excluding hydrogens is 558 g/mol. The van der Waals surface area contributed by atoms with Gasteiger partial charge >= 0.3 is 5.97 Å². The summed E-state index contributed by atoms with van der Waals surface area (Å²) in [7, 11) is 0. The number of aliphatic hydroxyl groups excluding tert-OH is 1. The lowest BCUT2D eigenvalue weighted by atomic mass is 9.73. The van der Waals surface area contributed by atoms with E-state index in [2.05, 4.69) is 18.7 Å². The Kier molecular flexibility index (Phi) is 9.56. The molecule has 9 heteroatoms. The van der Waals surface area contributed by atoms with Crippen LogP contribution in [0.25, 0.3) is 0 Å². The van der Waals surface area contributed by atoms with E-state index < -0.39 is 41.1 Å². The van der Waals surface area contributed by atoms with Gasteiger partial charge in [-0.3, -0.25) is 14.4 Å². The van der Waals surface area contributed by atoms with Crippen LogP contribution in [-0.2, 0) is 23.9 Å². The number of allylic oxidation sites excluding steroid dienone is 1. The van der Waals surface area contributed by atoms with Crippen LogP contribution >= 0.6 is 0 Å². The molecule has 2 saturated heterocycles. The van der Waals surface area contributed by atoms with Gasteiger partial charge in [-0.15, -0.1) is 0 Å². The molecule has 44 heavy (non-hydrogen) atoms. The van der Waals surface area contributed by atoms with Crippen molar-refractivity contribution in [1.29, 1.82) is 0 Å². The predicted molar refractivity (Wildman–Crippen MR) is 170 cm³/mol. The van der Waals surface area contributed by atoms with E-state index in [0.29, 0.717) is 18.5 Å². The molecule has 0 radical (unpaired) electrons. The number of esters is 1. The fourth-order valence-electron chi connectivity index (χ4n) is 7.81. The average Bonchev–Trinajstić information content (AvgIpc) is 3.39. The van der Waals surface area contributed by atoms with Gasteiger partial charge in [0, 0.05) is 31.0 Å². The first-order valence-electron chi connectivity index (χ1n) is 16.5. The van der Waals surface area contributed by atoms with Gasteiger partial charge in [0.15, 0.2) is 0 Å². The smallest absolute Gasteiger partial charge is 0.313 e. The summed E-state index contributed by atoms with van der Waals surface area (Å²) in [6.45, 7) is 12.2. The van der Waals surface area contributed by atoms with E-state index in [1.165, 1.54) is 0 Å². The molecule has 0 aromatic heterocycles. The summed E-state index contributed by atoms with van der Waals surface area (Å²) in [6, 6.07) is 6.24. The molecule has 240 valence electrons. The minimum absolute atomic E-state index is 0.0894. The number of carbonyl (C=O) groups is 3. The van der Waals surface area contributed by atoms with Crippen molar-refractivity contribution in [3.8, 4) is 0 Å². The number of likely N-dealkylation sites (tertiary alicyclic amines) is 1. The highest BCUT2D eigenvalue weighted by Gasteiger charge is 2.76. The molecule has 5 rings (SSSR count). The number of aliphatic hydroxyl groups is 1. The fraction of sp³-hybridized carbons (Fsp3) is 0.629. The molecule has 1 aromatic carbocycles. The number of ether oxygens (including phenoxy) is 2. The lowest BCUT2D eigenvalue weighted by Gasteiger charge is -2.42. The van der Waals surface area contributed by atoms with E-state index in [1.807, 2.05) is 69.3 Å². The third kappa shape index (κ3) is 5.15. The van der Waals surface area contributed by atoms with Crippen LogP contribution in [0.4, 0.5) is 11.4 Å². The van der Waals surface area contributed by atoms with Crippen LogP contribution in [-0.4, -0.2) is 83.9 Å². The summed E-state index contributed by atoms with van der Waals surface area (Å²) >= 11 is 0. The Bertz CT molecular complexity index is 1280. The molecule has 1 spiro atoms. The van der Waals surface area contributed by atoms with Crippen LogP contribution < -0.4 is 9.80 Å². The lowest BCUT2D eigenvalue weighted by molar-refractivity contribution is -0.162. The summed E-state index contributed by atoms with van der Waals surface area (Å²) in [4.78, 5) is 49.0. The van der Waals surface area contributed by atoms with E-state index in [-0.39, 0.29) is 37.5 Å². The highest BCUT2D eigenvalue weighted by Crippen LogP contribution is 2.59. The number of hydrogen-bond donors (Lipinski definition) is 1. The third-order valence-electron chi connectivity index (χ3n) is 10.5. The Balaban J connectivity index is 1.65. The number of hydrogen-bond acceptors (Lipinski definition) is 7. The number of anilines is 2. The zero-order valence-corrected chi connectivity index (χ0v) is 26.9. The number of rotatable bonds is 9.